The van der Waals surface area contributed by atoms with Crippen molar-refractivity contribution in [3.8, 4) is 11.5 Å². The van der Waals surface area contributed by atoms with Crippen LogP contribution in [0.3, 0.4) is 0 Å². The lowest BCUT2D eigenvalue weighted by Gasteiger charge is -2.07. The lowest BCUT2D eigenvalue weighted by Crippen LogP contribution is -2.18. The maximum Gasteiger partial charge on any atom is 0.379 e. The summed E-state index contributed by atoms with van der Waals surface area (Å²) in [6, 6.07) is 22.9. The van der Waals surface area contributed by atoms with E-state index < -0.39 is 11.9 Å². The van der Waals surface area contributed by atoms with Crippen LogP contribution in [0.1, 0.15) is 36.8 Å². The molecule has 1 heterocycles. The lowest BCUT2D eigenvalue weighted by molar-refractivity contribution is 0.0700. The van der Waals surface area contributed by atoms with Crippen molar-refractivity contribution in [1.29, 1.82) is 0 Å². The molecule has 0 aliphatic heterocycles. The number of furan rings is 1. The fourth-order valence-electron chi connectivity index (χ4n) is 3.10. The topological polar surface area (TPSA) is 119 Å². The Hall–Kier alpha value is -5.18. The molecule has 3 aromatic carbocycles. The zero-order valence-electron chi connectivity index (χ0n) is 19.1. The van der Waals surface area contributed by atoms with Crippen molar-refractivity contribution in [3.63, 3.8) is 0 Å². The van der Waals surface area contributed by atoms with Crippen LogP contribution in [0.2, 0.25) is 0 Å². The zero-order valence-corrected chi connectivity index (χ0v) is 19.1. The summed E-state index contributed by atoms with van der Waals surface area (Å²) in [5.74, 6) is -0.408. The lowest BCUT2D eigenvalue weighted by atomic mass is 10.1. The van der Waals surface area contributed by atoms with E-state index in [1.54, 1.807) is 86.0 Å². The van der Waals surface area contributed by atoms with E-state index in [1.165, 1.54) is 18.5 Å². The first-order chi connectivity index (χ1) is 17.5. The first-order valence-electron chi connectivity index (χ1n) is 10.8. The Morgan fingerprint density at radius 2 is 1.53 bits per heavy atom. The molecule has 0 atom stereocenters. The van der Waals surface area contributed by atoms with Gasteiger partial charge in [-0.15, -0.1) is 0 Å². The van der Waals surface area contributed by atoms with E-state index >= 15 is 0 Å². The first kappa shape index (κ1) is 24.0. The number of methoxy groups -OCH3 is 1. The normalized spacial score (nSPS) is 10.6. The van der Waals surface area contributed by atoms with Crippen molar-refractivity contribution in [2.75, 3.05) is 12.4 Å². The van der Waals surface area contributed by atoms with E-state index in [-0.39, 0.29) is 17.4 Å². The van der Waals surface area contributed by atoms with Gasteiger partial charge in [0.2, 0.25) is 5.76 Å². The summed E-state index contributed by atoms with van der Waals surface area (Å²) in [7, 11) is 1.55. The minimum absolute atomic E-state index is 0.0682. The van der Waals surface area contributed by atoms with E-state index in [2.05, 4.69) is 15.8 Å². The van der Waals surface area contributed by atoms with Crippen LogP contribution in [-0.4, -0.2) is 31.1 Å². The second-order valence-electron chi connectivity index (χ2n) is 7.36. The van der Waals surface area contributed by atoms with Crippen molar-refractivity contribution in [1.82, 2.24) is 5.43 Å². The Balaban J connectivity index is 1.34. The highest BCUT2D eigenvalue weighted by Crippen LogP contribution is 2.18. The fraction of sp³-hybridized carbons (Fsp3) is 0.0370. The molecule has 36 heavy (non-hydrogen) atoms. The van der Waals surface area contributed by atoms with Crippen LogP contribution in [0, 0.1) is 0 Å². The number of anilines is 1. The number of nitrogens with one attached hydrogen (secondary N) is 2. The summed E-state index contributed by atoms with van der Waals surface area (Å²) >= 11 is 0. The Morgan fingerprint density at radius 3 is 2.22 bits per heavy atom. The van der Waals surface area contributed by atoms with Gasteiger partial charge in [-0.3, -0.25) is 9.59 Å². The first-order valence-corrected chi connectivity index (χ1v) is 10.8. The van der Waals surface area contributed by atoms with Crippen molar-refractivity contribution >= 4 is 29.7 Å². The molecule has 0 saturated heterocycles. The summed E-state index contributed by atoms with van der Waals surface area (Å²) < 4.78 is 15.5. The summed E-state index contributed by atoms with van der Waals surface area (Å²) in [5.41, 5.74) is 4.25. The average Bonchev–Trinajstić information content (AvgIpc) is 3.45. The number of carbonyl (C=O) groups is 3. The number of esters is 1. The highest BCUT2D eigenvalue weighted by atomic mass is 16.5. The molecule has 0 saturated carbocycles. The SMILES string of the molecule is COc1ccc(C(=O)Nc2ccc(C(=O)N/N=C\c3ccccc3OC(=O)c3ccco3)cc2)cc1. The third-order valence-corrected chi connectivity index (χ3v) is 4.97. The van der Waals surface area contributed by atoms with E-state index in [1.807, 2.05) is 0 Å². The van der Waals surface area contributed by atoms with Crippen LogP contribution in [-0.2, 0) is 0 Å². The smallest absolute Gasteiger partial charge is 0.379 e. The second-order valence-corrected chi connectivity index (χ2v) is 7.36. The molecule has 0 bridgehead atoms. The van der Waals surface area contributed by atoms with Gasteiger partial charge in [-0.2, -0.15) is 5.10 Å². The molecular weight excluding hydrogens is 462 g/mol. The largest absolute Gasteiger partial charge is 0.497 e. The number of para-hydroxylation sites is 1. The Bertz CT molecular complexity index is 1380. The molecule has 180 valence electrons. The van der Waals surface area contributed by atoms with Crippen molar-refractivity contribution < 1.29 is 28.3 Å². The monoisotopic (exact) mass is 483 g/mol. The number of hydrogen-bond donors (Lipinski definition) is 2. The molecule has 0 spiro atoms. The molecule has 0 fully saturated rings. The minimum atomic E-state index is -0.649. The predicted octanol–water partition coefficient (Wildman–Crippen LogP) is 4.52. The third-order valence-electron chi connectivity index (χ3n) is 4.97. The van der Waals surface area contributed by atoms with Gasteiger partial charge in [-0.1, -0.05) is 12.1 Å². The van der Waals surface area contributed by atoms with Gasteiger partial charge in [0, 0.05) is 22.4 Å². The van der Waals surface area contributed by atoms with Gasteiger partial charge in [0.25, 0.3) is 11.8 Å². The summed E-state index contributed by atoms with van der Waals surface area (Å²) in [5, 5.41) is 6.72. The minimum Gasteiger partial charge on any atom is -0.497 e. The van der Waals surface area contributed by atoms with Gasteiger partial charge in [0.05, 0.1) is 19.6 Å². The fourth-order valence-corrected chi connectivity index (χ4v) is 3.10. The van der Waals surface area contributed by atoms with Gasteiger partial charge in [-0.05, 0) is 72.8 Å². The Morgan fingerprint density at radius 1 is 0.833 bits per heavy atom. The molecule has 1 aromatic heterocycles. The molecule has 0 aliphatic carbocycles. The zero-order chi connectivity index (χ0) is 25.3. The van der Waals surface area contributed by atoms with Crippen LogP contribution < -0.4 is 20.2 Å². The van der Waals surface area contributed by atoms with Gasteiger partial charge in [0.15, 0.2) is 0 Å². The maximum absolute atomic E-state index is 12.4. The van der Waals surface area contributed by atoms with E-state index in [0.717, 1.165) is 0 Å². The maximum atomic E-state index is 12.4. The third kappa shape index (κ3) is 6.03. The number of nitrogens with zero attached hydrogens (tertiary/aromatic N) is 1. The molecular formula is C27H21N3O6. The molecule has 0 unspecified atom stereocenters. The average molecular weight is 483 g/mol. The van der Waals surface area contributed by atoms with Crippen LogP contribution in [0.5, 0.6) is 11.5 Å². The van der Waals surface area contributed by atoms with Crippen molar-refractivity contribution in [3.05, 3.63) is 114 Å². The number of rotatable bonds is 8. The van der Waals surface area contributed by atoms with E-state index in [0.29, 0.717) is 28.1 Å². The van der Waals surface area contributed by atoms with Crippen LogP contribution in [0.25, 0.3) is 0 Å². The van der Waals surface area contributed by atoms with Gasteiger partial charge in [0.1, 0.15) is 11.5 Å². The standard InChI is InChI=1S/C27H21N3O6/c1-34-22-14-10-18(11-15-22)25(31)29-21-12-8-19(9-13-21)26(32)30-28-17-20-5-2-3-6-23(20)36-27(33)24-7-4-16-35-24/h2-17H,1H3,(H,29,31)(H,30,32)/b28-17-. The predicted molar refractivity (Wildman–Crippen MR) is 133 cm³/mol. The molecule has 4 rings (SSSR count). The van der Waals surface area contributed by atoms with Crippen LogP contribution >= 0.6 is 0 Å². The molecule has 9 nitrogen and oxygen atoms in total. The molecule has 4 aromatic rings. The molecule has 0 aliphatic rings. The summed E-state index contributed by atoms with van der Waals surface area (Å²) in [6.07, 6.45) is 2.74. The molecule has 9 heteroatoms. The van der Waals surface area contributed by atoms with Gasteiger partial charge in [-0.25, -0.2) is 10.2 Å². The molecule has 2 amide bonds. The van der Waals surface area contributed by atoms with Gasteiger partial charge >= 0.3 is 5.97 Å². The van der Waals surface area contributed by atoms with Crippen LogP contribution in [0.4, 0.5) is 5.69 Å². The van der Waals surface area contributed by atoms with Crippen molar-refractivity contribution in [2.45, 2.75) is 0 Å². The quantitative estimate of drug-likeness (QED) is 0.165. The molecule has 2 N–H and O–H groups in total. The number of ether oxygens (including phenoxy) is 2. The number of hydrazone groups is 1. The highest BCUT2D eigenvalue weighted by Gasteiger charge is 2.13. The number of benzene rings is 3. The number of carbonyl (C=O) groups excluding carboxylic acids is 3. The van der Waals surface area contributed by atoms with Gasteiger partial charge < -0.3 is 19.2 Å². The Kier molecular flexibility index (Phi) is 7.52. The highest BCUT2D eigenvalue weighted by molar-refractivity contribution is 6.04. The number of amides is 2. The van der Waals surface area contributed by atoms with E-state index in [4.69, 9.17) is 13.9 Å². The van der Waals surface area contributed by atoms with Crippen LogP contribution in [0.15, 0.2) is 101 Å². The van der Waals surface area contributed by atoms with E-state index in [9.17, 15) is 14.4 Å². The number of hydrogen-bond acceptors (Lipinski definition) is 7. The van der Waals surface area contributed by atoms with Crippen molar-refractivity contribution in [2.24, 2.45) is 5.10 Å². The second kappa shape index (κ2) is 11.3. The summed E-state index contributed by atoms with van der Waals surface area (Å²) in [4.78, 5) is 37.0. The summed E-state index contributed by atoms with van der Waals surface area (Å²) in [6.45, 7) is 0. The Labute approximate surface area is 206 Å². The molecule has 0 radical (unpaired) electrons.